The Morgan fingerprint density at radius 1 is 1.16 bits per heavy atom. The van der Waals surface area contributed by atoms with E-state index < -0.39 is 0 Å². The van der Waals surface area contributed by atoms with Crippen molar-refractivity contribution >= 4 is 35.6 Å². The van der Waals surface area contributed by atoms with E-state index in [1.807, 2.05) is 38.1 Å². The van der Waals surface area contributed by atoms with Crippen LogP contribution >= 0.6 is 24.0 Å². The second kappa shape index (κ2) is 7.23. The van der Waals surface area contributed by atoms with Crippen molar-refractivity contribution in [3.8, 4) is 5.75 Å². The van der Waals surface area contributed by atoms with Gasteiger partial charge in [-0.3, -0.25) is 0 Å². The first-order valence-corrected chi connectivity index (χ1v) is 8.56. The van der Waals surface area contributed by atoms with E-state index in [1.54, 1.807) is 0 Å². The predicted molar refractivity (Wildman–Crippen MR) is 113 cm³/mol. The lowest BCUT2D eigenvalue weighted by atomic mass is 10.1. The average molecular weight is 449 g/mol. The van der Waals surface area contributed by atoms with Gasteiger partial charge in [0.25, 0.3) is 0 Å². The van der Waals surface area contributed by atoms with Crippen molar-refractivity contribution in [3.63, 3.8) is 0 Å². The van der Waals surface area contributed by atoms with E-state index in [-0.39, 0.29) is 30.1 Å². The zero-order valence-electron chi connectivity index (χ0n) is 14.5. The first-order chi connectivity index (χ1) is 11.6. The van der Waals surface area contributed by atoms with Crippen molar-refractivity contribution < 1.29 is 4.74 Å². The zero-order valence-corrected chi connectivity index (χ0v) is 16.8. The van der Waals surface area contributed by atoms with E-state index in [0.717, 1.165) is 17.9 Å². The Bertz CT molecular complexity index is 773. The summed E-state index contributed by atoms with van der Waals surface area (Å²) in [5.74, 6) is 2.54. The smallest absolute Gasteiger partial charge is 0.193 e. The molecule has 2 aliphatic carbocycles. The Morgan fingerprint density at radius 3 is 2.60 bits per heavy atom. The molecule has 1 fully saturated rings. The van der Waals surface area contributed by atoms with E-state index in [0.29, 0.717) is 23.8 Å². The largest absolute Gasteiger partial charge is 0.491 e. The van der Waals surface area contributed by atoms with Crippen LogP contribution in [0.25, 0.3) is 0 Å². The quantitative estimate of drug-likeness (QED) is 0.419. The molecule has 0 amide bonds. The molecule has 1 saturated carbocycles. The van der Waals surface area contributed by atoms with Crippen LogP contribution in [0.1, 0.15) is 30.9 Å². The number of nitrogens with one attached hydrogen (secondary N) is 1. The fourth-order valence-electron chi connectivity index (χ4n) is 3.72. The van der Waals surface area contributed by atoms with Crippen molar-refractivity contribution in [2.45, 2.75) is 38.3 Å². The second-order valence-corrected chi connectivity index (χ2v) is 6.91. The molecule has 3 N–H and O–H groups in total. The number of rotatable bonds is 4. The number of hydrogen-bond donors (Lipinski definition) is 2. The number of fused-ring (bicyclic) bond motifs is 3. The van der Waals surface area contributed by atoms with Crippen LogP contribution in [0.5, 0.6) is 5.75 Å². The van der Waals surface area contributed by atoms with Crippen molar-refractivity contribution in [1.82, 2.24) is 0 Å². The molecule has 0 radical (unpaired) electrons. The highest BCUT2D eigenvalue weighted by molar-refractivity contribution is 14.0. The van der Waals surface area contributed by atoms with Gasteiger partial charge in [0.1, 0.15) is 5.75 Å². The molecule has 4 nitrogen and oxygen atoms in total. The molecule has 5 heteroatoms. The third-order valence-corrected chi connectivity index (χ3v) is 4.78. The second-order valence-electron chi connectivity index (χ2n) is 6.91. The number of nitrogens with zero attached hydrogens (tertiary/aromatic N) is 1. The number of anilines is 1. The maximum atomic E-state index is 6.10. The van der Waals surface area contributed by atoms with Crippen LogP contribution in [0, 0.1) is 5.92 Å². The molecular weight excluding hydrogens is 425 g/mol. The third-order valence-electron chi connectivity index (χ3n) is 4.78. The fraction of sp³-hybridized carbons (Fsp3) is 0.350. The number of nitrogens with two attached hydrogens (primary N) is 1. The lowest BCUT2D eigenvalue weighted by molar-refractivity contribution is 0.242. The molecule has 4 rings (SSSR count). The molecule has 2 aromatic carbocycles. The van der Waals surface area contributed by atoms with Gasteiger partial charge in [0.15, 0.2) is 5.96 Å². The highest BCUT2D eigenvalue weighted by Crippen LogP contribution is 2.58. The Kier molecular flexibility index (Phi) is 5.22. The lowest BCUT2D eigenvalue weighted by Crippen LogP contribution is -2.23. The number of hydrogen-bond acceptors (Lipinski definition) is 2. The van der Waals surface area contributed by atoms with Gasteiger partial charge in [-0.25, -0.2) is 4.99 Å². The molecule has 132 valence electrons. The number of guanidine groups is 1. The minimum Gasteiger partial charge on any atom is -0.491 e. The normalized spacial score (nSPS) is 23.5. The summed E-state index contributed by atoms with van der Waals surface area (Å²) in [6.07, 6.45) is 1.30. The van der Waals surface area contributed by atoms with Gasteiger partial charge in [0, 0.05) is 11.6 Å². The van der Waals surface area contributed by atoms with E-state index in [4.69, 9.17) is 15.5 Å². The van der Waals surface area contributed by atoms with Crippen LogP contribution in [0.4, 0.5) is 5.69 Å². The standard InChI is InChI=1S/C20H23N3O.HI/c1-12(2)24-15-9-7-14(8-10-15)22-20(21)23-19-17-11-13-5-3-4-6-16(13)18(17)19;/h3-10,12,17-19H,11H2,1-2H3,(H3,21,22,23);1H. The fourth-order valence-corrected chi connectivity index (χ4v) is 3.72. The molecule has 0 bridgehead atoms. The van der Waals surface area contributed by atoms with Gasteiger partial charge in [-0.2, -0.15) is 0 Å². The summed E-state index contributed by atoms with van der Waals surface area (Å²) in [5.41, 5.74) is 9.96. The van der Waals surface area contributed by atoms with Crippen LogP contribution < -0.4 is 15.8 Å². The van der Waals surface area contributed by atoms with Crippen LogP contribution in [0.2, 0.25) is 0 Å². The monoisotopic (exact) mass is 449 g/mol. The Labute approximate surface area is 165 Å². The van der Waals surface area contributed by atoms with Gasteiger partial charge in [0.05, 0.1) is 12.1 Å². The van der Waals surface area contributed by atoms with E-state index in [2.05, 4.69) is 29.6 Å². The van der Waals surface area contributed by atoms with Crippen LogP contribution in [0.3, 0.4) is 0 Å². The number of aliphatic imine (C=N–C) groups is 1. The Morgan fingerprint density at radius 2 is 1.88 bits per heavy atom. The average Bonchev–Trinajstić information content (AvgIpc) is 3.05. The number of halogens is 1. The van der Waals surface area contributed by atoms with Crippen LogP contribution in [0.15, 0.2) is 53.5 Å². The summed E-state index contributed by atoms with van der Waals surface area (Å²) in [5, 5.41) is 3.18. The maximum absolute atomic E-state index is 6.10. The van der Waals surface area contributed by atoms with E-state index >= 15 is 0 Å². The van der Waals surface area contributed by atoms with Crippen LogP contribution in [-0.2, 0) is 6.42 Å². The summed E-state index contributed by atoms with van der Waals surface area (Å²) in [7, 11) is 0. The summed E-state index contributed by atoms with van der Waals surface area (Å²) in [4.78, 5) is 4.69. The lowest BCUT2D eigenvalue weighted by Gasteiger charge is -2.11. The highest BCUT2D eigenvalue weighted by Gasteiger charge is 2.55. The van der Waals surface area contributed by atoms with Gasteiger partial charge < -0.3 is 15.8 Å². The summed E-state index contributed by atoms with van der Waals surface area (Å²) in [6.45, 7) is 4.03. The van der Waals surface area contributed by atoms with Gasteiger partial charge in [0.2, 0.25) is 0 Å². The number of ether oxygens (including phenoxy) is 1. The molecule has 0 heterocycles. The molecule has 0 saturated heterocycles. The topological polar surface area (TPSA) is 59.6 Å². The van der Waals surface area contributed by atoms with Gasteiger partial charge in [-0.05, 0) is 61.6 Å². The van der Waals surface area contributed by atoms with Crippen LogP contribution in [-0.4, -0.2) is 18.1 Å². The molecule has 0 spiro atoms. The zero-order chi connectivity index (χ0) is 16.7. The molecule has 0 aliphatic heterocycles. The first-order valence-electron chi connectivity index (χ1n) is 8.56. The molecule has 25 heavy (non-hydrogen) atoms. The first kappa shape index (κ1) is 18.0. The summed E-state index contributed by atoms with van der Waals surface area (Å²) in [6, 6.07) is 16.8. The SMILES string of the molecule is CC(C)Oc1ccc(NC(N)=NC2C3Cc4ccccc4C32)cc1.I. The van der Waals surface area contributed by atoms with E-state index in [1.165, 1.54) is 11.1 Å². The van der Waals surface area contributed by atoms with E-state index in [9.17, 15) is 0 Å². The maximum Gasteiger partial charge on any atom is 0.193 e. The minimum atomic E-state index is 0. The Balaban J connectivity index is 0.00000182. The highest BCUT2D eigenvalue weighted by atomic mass is 127. The molecule has 2 aliphatic rings. The third kappa shape index (κ3) is 3.76. The molecule has 2 aromatic rings. The van der Waals surface area contributed by atoms with Crippen molar-refractivity contribution in [2.24, 2.45) is 16.6 Å². The molecule has 3 atom stereocenters. The molecule has 3 unspecified atom stereocenters. The Hall–Kier alpha value is -1.76. The van der Waals surface area contributed by atoms with Crippen molar-refractivity contribution in [1.29, 1.82) is 0 Å². The minimum absolute atomic E-state index is 0. The summed E-state index contributed by atoms with van der Waals surface area (Å²) >= 11 is 0. The summed E-state index contributed by atoms with van der Waals surface area (Å²) < 4.78 is 5.64. The van der Waals surface area contributed by atoms with Gasteiger partial charge in [-0.1, -0.05) is 24.3 Å². The predicted octanol–water partition coefficient (Wildman–Crippen LogP) is 4.16. The number of benzene rings is 2. The van der Waals surface area contributed by atoms with Gasteiger partial charge >= 0.3 is 0 Å². The molecular formula is C20H24IN3O. The molecule has 0 aromatic heterocycles. The van der Waals surface area contributed by atoms with Crippen molar-refractivity contribution in [2.75, 3.05) is 5.32 Å². The van der Waals surface area contributed by atoms with Gasteiger partial charge in [-0.15, -0.1) is 24.0 Å². The van der Waals surface area contributed by atoms with Crippen molar-refractivity contribution in [3.05, 3.63) is 59.7 Å².